The molecule has 1 nitrogen and oxygen atoms in total. The van der Waals surface area contributed by atoms with Gasteiger partial charge in [0.25, 0.3) is 0 Å². The fraction of sp³-hybridized carbons (Fsp3) is 0.538. The number of hydrogen-bond acceptors (Lipinski definition) is 1. The van der Waals surface area contributed by atoms with Crippen LogP contribution in [0.4, 0.5) is 0 Å². The minimum atomic E-state index is -1.61. The maximum atomic E-state index is 6.09. The van der Waals surface area contributed by atoms with Crippen LogP contribution in [-0.4, -0.2) is 8.32 Å². The summed E-state index contributed by atoms with van der Waals surface area (Å²) in [5.41, 5.74) is 1.14. The summed E-state index contributed by atoms with van der Waals surface area (Å²) in [5.74, 6) is 0. The molecule has 0 aliphatic heterocycles. The maximum Gasteiger partial charge on any atom is 0.192 e. The summed E-state index contributed by atoms with van der Waals surface area (Å²) in [6, 6.07) is 11.2. The molecule has 0 fully saturated rings. The van der Waals surface area contributed by atoms with Crippen LogP contribution in [0.1, 0.15) is 26.3 Å². The lowest BCUT2D eigenvalue weighted by Gasteiger charge is -2.36. The van der Waals surface area contributed by atoms with E-state index in [1.807, 2.05) is 18.2 Å². The van der Waals surface area contributed by atoms with Crippen LogP contribution in [0.15, 0.2) is 24.3 Å². The number of rotatable bonds is 3. The van der Waals surface area contributed by atoms with Gasteiger partial charge in [0.2, 0.25) is 0 Å². The molecule has 0 amide bonds. The lowest BCUT2D eigenvalue weighted by Crippen LogP contribution is -2.40. The summed E-state index contributed by atoms with van der Waals surface area (Å²) in [4.78, 5) is 0. The van der Waals surface area contributed by atoms with Gasteiger partial charge in [-0.15, -0.1) is 0 Å². The molecule has 1 rings (SSSR count). The summed E-state index contributed by atoms with van der Waals surface area (Å²) in [7, 11) is -1.61. The maximum absolute atomic E-state index is 6.09. The number of hydrogen-bond donors (Lipinski definition) is 0. The van der Waals surface area contributed by atoms with E-state index in [2.05, 4.69) is 46.0 Å². The zero-order valence-corrected chi connectivity index (χ0v) is 11.4. The van der Waals surface area contributed by atoms with Crippen molar-refractivity contribution in [1.29, 1.82) is 0 Å². The molecule has 0 aromatic heterocycles. The third-order valence-corrected chi connectivity index (χ3v) is 7.65. The highest BCUT2D eigenvalue weighted by molar-refractivity contribution is 6.74. The van der Waals surface area contributed by atoms with Gasteiger partial charge >= 0.3 is 0 Å². The van der Waals surface area contributed by atoms with Gasteiger partial charge in [-0.3, -0.25) is 0 Å². The SMILES string of the molecule is CC(C)(C)[Si](C)(C)OCc1[c]cccc1. The quantitative estimate of drug-likeness (QED) is 0.701. The average molecular weight is 221 g/mol. The Bertz CT molecular complexity index is 298. The summed E-state index contributed by atoms with van der Waals surface area (Å²) in [5, 5.41) is 0.280. The van der Waals surface area contributed by atoms with E-state index in [9.17, 15) is 0 Å². The zero-order chi connectivity index (χ0) is 11.5. The van der Waals surface area contributed by atoms with Crippen LogP contribution in [-0.2, 0) is 11.0 Å². The molecule has 0 heterocycles. The second kappa shape index (κ2) is 4.50. The van der Waals surface area contributed by atoms with E-state index in [0.29, 0.717) is 6.61 Å². The van der Waals surface area contributed by atoms with Crippen molar-refractivity contribution in [2.24, 2.45) is 0 Å². The van der Waals surface area contributed by atoms with E-state index in [4.69, 9.17) is 4.43 Å². The molecular formula is C13H21OSi. The van der Waals surface area contributed by atoms with Crippen molar-refractivity contribution in [3.05, 3.63) is 35.9 Å². The smallest absolute Gasteiger partial charge is 0.192 e. The highest BCUT2D eigenvalue weighted by Crippen LogP contribution is 2.36. The van der Waals surface area contributed by atoms with Gasteiger partial charge in [0.1, 0.15) is 0 Å². The highest BCUT2D eigenvalue weighted by Gasteiger charge is 2.36. The van der Waals surface area contributed by atoms with Gasteiger partial charge < -0.3 is 4.43 Å². The molecule has 1 radical (unpaired) electrons. The van der Waals surface area contributed by atoms with Crippen LogP contribution in [0, 0.1) is 6.07 Å². The highest BCUT2D eigenvalue weighted by atomic mass is 28.4. The van der Waals surface area contributed by atoms with Crippen molar-refractivity contribution in [2.45, 2.75) is 45.5 Å². The Kier molecular flexibility index (Phi) is 3.74. The third kappa shape index (κ3) is 3.47. The van der Waals surface area contributed by atoms with Gasteiger partial charge in [0.05, 0.1) is 6.61 Å². The summed E-state index contributed by atoms with van der Waals surface area (Å²) >= 11 is 0. The van der Waals surface area contributed by atoms with Crippen LogP contribution >= 0.6 is 0 Å². The van der Waals surface area contributed by atoms with Crippen LogP contribution in [0.5, 0.6) is 0 Å². The molecule has 15 heavy (non-hydrogen) atoms. The molecule has 2 heteroatoms. The van der Waals surface area contributed by atoms with Crippen LogP contribution in [0.3, 0.4) is 0 Å². The third-order valence-electron chi connectivity index (χ3n) is 3.17. The van der Waals surface area contributed by atoms with Crippen molar-refractivity contribution in [2.75, 3.05) is 0 Å². The first kappa shape index (κ1) is 12.5. The van der Waals surface area contributed by atoms with Gasteiger partial charge in [-0.25, -0.2) is 0 Å². The molecular weight excluding hydrogens is 200 g/mol. The van der Waals surface area contributed by atoms with Crippen LogP contribution in [0.25, 0.3) is 0 Å². The predicted molar refractivity (Wildman–Crippen MR) is 67.3 cm³/mol. The Labute approximate surface area is 94.6 Å². The molecule has 0 N–H and O–H groups in total. The Morgan fingerprint density at radius 1 is 1.27 bits per heavy atom. The molecule has 0 aliphatic rings. The molecule has 0 aliphatic carbocycles. The molecule has 0 unspecified atom stereocenters. The second-order valence-corrected chi connectivity index (χ2v) is 10.2. The lowest BCUT2D eigenvalue weighted by atomic mass is 10.2. The minimum Gasteiger partial charge on any atom is -0.413 e. The molecule has 1 aromatic rings. The molecule has 1 aromatic carbocycles. The Hall–Kier alpha value is -0.603. The van der Waals surface area contributed by atoms with Crippen molar-refractivity contribution in [1.82, 2.24) is 0 Å². The molecule has 0 saturated carbocycles. The standard InChI is InChI=1S/C13H21OSi/c1-13(2,3)15(4,5)14-11-12-9-7-6-8-10-12/h6-9H,11H2,1-5H3. The molecule has 0 saturated heterocycles. The lowest BCUT2D eigenvalue weighted by molar-refractivity contribution is 0.276. The first-order chi connectivity index (χ1) is 6.83. The van der Waals surface area contributed by atoms with Gasteiger partial charge in [-0.05, 0) is 29.8 Å². The Morgan fingerprint density at radius 3 is 2.40 bits per heavy atom. The van der Waals surface area contributed by atoms with Crippen LogP contribution in [0.2, 0.25) is 18.1 Å². The van der Waals surface area contributed by atoms with Gasteiger partial charge in [-0.2, -0.15) is 0 Å². The van der Waals surface area contributed by atoms with Crippen molar-refractivity contribution in [3.63, 3.8) is 0 Å². The van der Waals surface area contributed by atoms with Crippen molar-refractivity contribution in [3.8, 4) is 0 Å². The fourth-order valence-corrected chi connectivity index (χ4v) is 1.94. The normalized spacial score (nSPS) is 12.9. The molecule has 0 atom stereocenters. The van der Waals surface area contributed by atoms with E-state index < -0.39 is 8.32 Å². The second-order valence-electron chi connectivity index (χ2n) is 5.44. The van der Waals surface area contributed by atoms with Gasteiger partial charge in [0.15, 0.2) is 8.32 Å². The predicted octanol–water partition coefficient (Wildman–Crippen LogP) is 4.01. The van der Waals surface area contributed by atoms with Crippen LogP contribution < -0.4 is 0 Å². The summed E-state index contributed by atoms with van der Waals surface area (Å²) in [6.07, 6.45) is 0. The Morgan fingerprint density at radius 2 is 1.93 bits per heavy atom. The zero-order valence-electron chi connectivity index (χ0n) is 10.4. The molecule has 0 spiro atoms. The van der Waals surface area contributed by atoms with Crippen molar-refractivity contribution >= 4 is 8.32 Å². The number of benzene rings is 1. The first-order valence-electron chi connectivity index (χ1n) is 5.42. The first-order valence-corrected chi connectivity index (χ1v) is 8.33. The van der Waals surface area contributed by atoms with Crippen molar-refractivity contribution < 1.29 is 4.43 Å². The fourth-order valence-electron chi connectivity index (χ4n) is 0.995. The summed E-state index contributed by atoms with van der Waals surface area (Å²) < 4.78 is 6.09. The average Bonchev–Trinajstić information content (AvgIpc) is 2.15. The molecule has 83 valence electrons. The van der Waals surface area contributed by atoms with E-state index in [1.54, 1.807) is 0 Å². The minimum absolute atomic E-state index is 0.280. The monoisotopic (exact) mass is 221 g/mol. The van der Waals surface area contributed by atoms with E-state index >= 15 is 0 Å². The van der Waals surface area contributed by atoms with E-state index in [1.165, 1.54) is 0 Å². The Balaban J connectivity index is 2.58. The van der Waals surface area contributed by atoms with Gasteiger partial charge in [0, 0.05) is 0 Å². The molecule has 0 bridgehead atoms. The van der Waals surface area contributed by atoms with E-state index in [0.717, 1.165) is 5.56 Å². The largest absolute Gasteiger partial charge is 0.413 e. The summed E-state index contributed by atoms with van der Waals surface area (Å²) in [6.45, 7) is 12.0. The topological polar surface area (TPSA) is 9.23 Å². The van der Waals surface area contributed by atoms with Gasteiger partial charge in [-0.1, -0.05) is 45.0 Å². The van der Waals surface area contributed by atoms with E-state index in [-0.39, 0.29) is 5.04 Å².